The molecular weight excluding hydrogens is 300 g/mol. The standard InChI is InChI=1S/C15H18N4O2S/c1-18(14(20)9-22-15-17-16-10-19(15)2)8-12-7-11-5-3-4-6-13(11)21-12/h3-6,10,12H,7-9H2,1-2H3/t12-/m0/s1. The summed E-state index contributed by atoms with van der Waals surface area (Å²) >= 11 is 1.39. The largest absolute Gasteiger partial charge is 0.488 e. The fourth-order valence-corrected chi connectivity index (χ4v) is 3.23. The molecule has 2 heterocycles. The molecule has 2 aromatic rings. The van der Waals surface area contributed by atoms with Crippen LogP contribution in [0.15, 0.2) is 35.7 Å². The molecule has 1 aromatic heterocycles. The fourth-order valence-electron chi connectivity index (χ4n) is 2.40. The van der Waals surface area contributed by atoms with Crippen molar-refractivity contribution in [2.24, 2.45) is 7.05 Å². The maximum absolute atomic E-state index is 12.2. The zero-order valence-corrected chi connectivity index (χ0v) is 13.4. The number of thioether (sulfide) groups is 1. The molecule has 3 rings (SSSR count). The number of likely N-dealkylation sites (N-methyl/N-ethyl adjacent to an activating group) is 1. The van der Waals surface area contributed by atoms with Gasteiger partial charge in [0.1, 0.15) is 18.2 Å². The summed E-state index contributed by atoms with van der Waals surface area (Å²) in [6.07, 6.45) is 2.51. The van der Waals surface area contributed by atoms with E-state index in [-0.39, 0.29) is 12.0 Å². The number of hydrogen-bond donors (Lipinski definition) is 0. The summed E-state index contributed by atoms with van der Waals surface area (Å²) in [6, 6.07) is 8.02. The Kier molecular flexibility index (Phi) is 4.33. The van der Waals surface area contributed by atoms with Gasteiger partial charge in [-0.25, -0.2) is 0 Å². The minimum Gasteiger partial charge on any atom is -0.488 e. The summed E-state index contributed by atoms with van der Waals surface area (Å²) in [6.45, 7) is 0.590. The second-order valence-electron chi connectivity index (χ2n) is 5.34. The van der Waals surface area contributed by atoms with Crippen LogP contribution in [0.5, 0.6) is 5.75 Å². The number of aromatic nitrogens is 3. The number of rotatable bonds is 5. The average molecular weight is 318 g/mol. The van der Waals surface area contributed by atoms with Gasteiger partial charge in [0.25, 0.3) is 0 Å². The van der Waals surface area contributed by atoms with Gasteiger partial charge < -0.3 is 14.2 Å². The highest BCUT2D eigenvalue weighted by Crippen LogP contribution is 2.28. The Morgan fingerprint density at radius 1 is 1.50 bits per heavy atom. The number of ether oxygens (including phenoxy) is 1. The minimum absolute atomic E-state index is 0.0335. The Morgan fingerprint density at radius 3 is 3.05 bits per heavy atom. The molecule has 0 spiro atoms. The van der Waals surface area contributed by atoms with Gasteiger partial charge in [-0.3, -0.25) is 4.79 Å². The maximum Gasteiger partial charge on any atom is 0.232 e. The van der Waals surface area contributed by atoms with Crippen LogP contribution in [0.3, 0.4) is 0 Å². The minimum atomic E-state index is 0.0335. The van der Waals surface area contributed by atoms with Crippen molar-refractivity contribution >= 4 is 17.7 Å². The van der Waals surface area contributed by atoms with E-state index in [1.807, 2.05) is 32.3 Å². The molecule has 0 aliphatic carbocycles. The molecule has 1 atom stereocenters. The monoisotopic (exact) mass is 318 g/mol. The zero-order valence-electron chi connectivity index (χ0n) is 12.6. The Balaban J connectivity index is 1.49. The maximum atomic E-state index is 12.2. The van der Waals surface area contributed by atoms with Crippen LogP contribution in [0.4, 0.5) is 0 Å². The zero-order chi connectivity index (χ0) is 15.5. The predicted octanol–water partition coefficient (Wildman–Crippen LogP) is 1.37. The molecule has 0 bridgehead atoms. The summed E-state index contributed by atoms with van der Waals surface area (Å²) in [4.78, 5) is 13.9. The fraction of sp³-hybridized carbons (Fsp3) is 0.400. The van der Waals surface area contributed by atoms with E-state index in [1.165, 1.54) is 17.3 Å². The van der Waals surface area contributed by atoms with Crippen molar-refractivity contribution in [2.75, 3.05) is 19.3 Å². The van der Waals surface area contributed by atoms with E-state index < -0.39 is 0 Å². The highest BCUT2D eigenvalue weighted by Gasteiger charge is 2.25. The van der Waals surface area contributed by atoms with E-state index in [2.05, 4.69) is 16.3 Å². The van der Waals surface area contributed by atoms with Crippen LogP contribution in [0.25, 0.3) is 0 Å². The van der Waals surface area contributed by atoms with E-state index in [4.69, 9.17) is 4.74 Å². The van der Waals surface area contributed by atoms with E-state index in [9.17, 15) is 4.79 Å². The van der Waals surface area contributed by atoms with Crippen molar-refractivity contribution in [1.29, 1.82) is 0 Å². The first-order valence-corrected chi connectivity index (χ1v) is 8.07. The lowest BCUT2D eigenvalue weighted by molar-refractivity contribution is -0.128. The highest BCUT2D eigenvalue weighted by atomic mass is 32.2. The second-order valence-corrected chi connectivity index (χ2v) is 6.28. The highest BCUT2D eigenvalue weighted by molar-refractivity contribution is 7.99. The van der Waals surface area contributed by atoms with Crippen molar-refractivity contribution < 1.29 is 9.53 Å². The van der Waals surface area contributed by atoms with Gasteiger partial charge in [0.05, 0.1) is 12.3 Å². The van der Waals surface area contributed by atoms with Crippen LogP contribution in [0.2, 0.25) is 0 Å². The molecule has 0 radical (unpaired) electrons. The number of carbonyl (C=O) groups is 1. The van der Waals surface area contributed by atoms with Crippen LogP contribution in [-0.2, 0) is 18.3 Å². The van der Waals surface area contributed by atoms with Crippen molar-refractivity contribution in [3.63, 3.8) is 0 Å². The van der Waals surface area contributed by atoms with Crippen molar-refractivity contribution in [1.82, 2.24) is 19.7 Å². The number of para-hydroxylation sites is 1. The van der Waals surface area contributed by atoms with Gasteiger partial charge in [-0.2, -0.15) is 0 Å². The summed E-state index contributed by atoms with van der Waals surface area (Å²) in [5.41, 5.74) is 1.21. The van der Waals surface area contributed by atoms with Crippen LogP contribution >= 0.6 is 11.8 Å². The van der Waals surface area contributed by atoms with Gasteiger partial charge in [-0.05, 0) is 11.6 Å². The molecule has 1 aliphatic rings. The van der Waals surface area contributed by atoms with Crippen LogP contribution in [0, 0.1) is 0 Å². The summed E-state index contributed by atoms with van der Waals surface area (Å²) in [7, 11) is 3.67. The SMILES string of the molecule is CN(C[C@@H]1Cc2ccccc2O1)C(=O)CSc1nncn1C. The van der Waals surface area contributed by atoms with Gasteiger partial charge in [0.15, 0.2) is 5.16 Å². The average Bonchev–Trinajstić information content (AvgIpc) is 3.10. The molecule has 0 saturated heterocycles. The number of benzene rings is 1. The Bertz CT molecular complexity index is 648. The molecule has 116 valence electrons. The Labute approximate surface area is 133 Å². The molecular formula is C15H18N4O2S. The molecule has 7 heteroatoms. The van der Waals surface area contributed by atoms with Gasteiger partial charge in [-0.15, -0.1) is 10.2 Å². The summed E-state index contributed by atoms with van der Waals surface area (Å²) in [5.74, 6) is 1.34. The van der Waals surface area contributed by atoms with Crippen molar-refractivity contribution in [2.45, 2.75) is 17.7 Å². The third kappa shape index (κ3) is 3.24. The van der Waals surface area contributed by atoms with E-state index in [0.29, 0.717) is 12.3 Å². The summed E-state index contributed by atoms with van der Waals surface area (Å²) < 4.78 is 7.67. The Hall–Kier alpha value is -2.02. The second kappa shape index (κ2) is 6.39. The van der Waals surface area contributed by atoms with Crippen molar-refractivity contribution in [3.8, 4) is 5.75 Å². The predicted molar refractivity (Wildman–Crippen MR) is 83.9 cm³/mol. The Morgan fingerprint density at radius 2 is 2.32 bits per heavy atom. The summed E-state index contributed by atoms with van der Waals surface area (Å²) in [5, 5.41) is 8.50. The van der Waals surface area contributed by atoms with Gasteiger partial charge in [-0.1, -0.05) is 30.0 Å². The lowest BCUT2D eigenvalue weighted by atomic mass is 10.1. The first-order valence-electron chi connectivity index (χ1n) is 7.09. The third-order valence-electron chi connectivity index (χ3n) is 3.61. The van der Waals surface area contributed by atoms with Crippen molar-refractivity contribution in [3.05, 3.63) is 36.2 Å². The number of fused-ring (bicyclic) bond motifs is 1. The molecule has 0 unspecified atom stereocenters. The molecule has 1 aromatic carbocycles. The normalized spacial score (nSPS) is 16.2. The molecule has 1 amide bonds. The first kappa shape index (κ1) is 14.9. The molecule has 6 nitrogen and oxygen atoms in total. The van der Waals surface area contributed by atoms with Crippen LogP contribution in [0.1, 0.15) is 5.56 Å². The van der Waals surface area contributed by atoms with E-state index >= 15 is 0 Å². The number of nitrogens with zero attached hydrogens (tertiary/aromatic N) is 4. The number of hydrogen-bond acceptors (Lipinski definition) is 5. The van der Waals surface area contributed by atoms with Crippen LogP contribution < -0.4 is 4.74 Å². The third-order valence-corrected chi connectivity index (χ3v) is 4.63. The number of aryl methyl sites for hydroxylation is 1. The van der Waals surface area contributed by atoms with Crippen LogP contribution in [-0.4, -0.2) is 51.0 Å². The number of carbonyl (C=O) groups excluding carboxylic acids is 1. The van der Waals surface area contributed by atoms with E-state index in [0.717, 1.165) is 17.3 Å². The van der Waals surface area contributed by atoms with Gasteiger partial charge in [0.2, 0.25) is 5.91 Å². The molecule has 0 saturated carbocycles. The first-order chi connectivity index (χ1) is 10.6. The molecule has 0 N–H and O–H groups in total. The smallest absolute Gasteiger partial charge is 0.232 e. The quantitative estimate of drug-likeness (QED) is 0.779. The molecule has 0 fully saturated rings. The molecule has 1 aliphatic heterocycles. The van der Waals surface area contributed by atoms with Gasteiger partial charge >= 0.3 is 0 Å². The topological polar surface area (TPSA) is 60.2 Å². The lowest BCUT2D eigenvalue weighted by Gasteiger charge is -2.20. The van der Waals surface area contributed by atoms with Gasteiger partial charge in [0, 0.05) is 20.5 Å². The molecule has 22 heavy (non-hydrogen) atoms. The van der Waals surface area contributed by atoms with E-state index in [1.54, 1.807) is 15.8 Å². The number of amides is 1. The lowest BCUT2D eigenvalue weighted by Crippen LogP contribution is -2.37.